The molecule has 0 fully saturated rings. The van der Waals surface area contributed by atoms with E-state index in [-0.39, 0.29) is 11.9 Å². The van der Waals surface area contributed by atoms with Crippen molar-refractivity contribution in [2.75, 3.05) is 27.2 Å². The van der Waals surface area contributed by atoms with E-state index in [1.54, 1.807) is 19.2 Å². The maximum Gasteiger partial charge on any atom is 0.193 e. The Hall–Kier alpha value is -2.04. The van der Waals surface area contributed by atoms with Gasteiger partial charge in [0.2, 0.25) is 0 Å². The molecule has 0 aliphatic heterocycles. The number of allylic oxidation sites excluding steroid dienone is 1. The van der Waals surface area contributed by atoms with Crippen LogP contribution in [0, 0.1) is 5.82 Å². The molecule has 0 aliphatic rings. The number of nitrogens with one attached hydrogen (secondary N) is 1. The summed E-state index contributed by atoms with van der Waals surface area (Å²) in [4.78, 5) is 6.34. The summed E-state index contributed by atoms with van der Waals surface area (Å²) in [6.07, 6.45) is 3.90. The molecule has 0 spiro atoms. The number of benzene rings is 1. The van der Waals surface area contributed by atoms with Crippen LogP contribution >= 0.6 is 0 Å². The van der Waals surface area contributed by atoms with E-state index in [0.29, 0.717) is 12.3 Å². The lowest BCUT2D eigenvalue weighted by Crippen LogP contribution is -2.43. The largest absolute Gasteiger partial charge is 0.489 e. The minimum atomic E-state index is -0.264. The summed E-state index contributed by atoms with van der Waals surface area (Å²) in [6, 6.07) is 6.04. The third-order valence-electron chi connectivity index (χ3n) is 3.17. The van der Waals surface area contributed by atoms with Crippen molar-refractivity contribution in [1.29, 1.82) is 0 Å². The molecule has 1 aromatic carbocycles. The fourth-order valence-corrected chi connectivity index (χ4v) is 1.99. The van der Waals surface area contributed by atoms with Crippen LogP contribution in [0.1, 0.15) is 19.8 Å². The number of hydrogen-bond acceptors (Lipinski definition) is 2. The van der Waals surface area contributed by atoms with Gasteiger partial charge in [-0.1, -0.05) is 6.08 Å². The Bertz CT molecular complexity index is 473. The Morgan fingerprint density at radius 3 is 2.73 bits per heavy atom. The van der Waals surface area contributed by atoms with Gasteiger partial charge in [0.25, 0.3) is 0 Å². The van der Waals surface area contributed by atoms with Gasteiger partial charge in [0.05, 0.1) is 6.54 Å². The second kappa shape index (κ2) is 9.82. The van der Waals surface area contributed by atoms with Crippen molar-refractivity contribution < 1.29 is 9.13 Å². The number of ether oxygens (including phenoxy) is 1. The number of halogens is 1. The monoisotopic (exact) mass is 307 g/mol. The van der Waals surface area contributed by atoms with Gasteiger partial charge in [0.15, 0.2) is 5.96 Å². The van der Waals surface area contributed by atoms with Crippen molar-refractivity contribution >= 4 is 5.96 Å². The maximum absolute atomic E-state index is 12.8. The average Bonchev–Trinajstić information content (AvgIpc) is 2.50. The minimum Gasteiger partial charge on any atom is -0.489 e. The van der Waals surface area contributed by atoms with Crippen molar-refractivity contribution in [1.82, 2.24) is 10.2 Å². The van der Waals surface area contributed by atoms with Gasteiger partial charge in [0, 0.05) is 20.6 Å². The van der Waals surface area contributed by atoms with E-state index in [1.807, 2.05) is 20.0 Å². The maximum atomic E-state index is 12.8. The predicted molar refractivity (Wildman–Crippen MR) is 89.9 cm³/mol. The van der Waals surface area contributed by atoms with Crippen LogP contribution in [0.5, 0.6) is 5.75 Å². The summed E-state index contributed by atoms with van der Waals surface area (Å²) in [7, 11) is 3.77. The molecule has 122 valence electrons. The number of nitrogens with zero attached hydrogens (tertiary/aromatic N) is 2. The topological polar surface area (TPSA) is 36.9 Å². The number of guanidine groups is 1. The first kappa shape index (κ1) is 18.0. The van der Waals surface area contributed by atoms with E-state index >= 15 is 0 Å². The highest BCUT2D eigenvalue weighted by atomic mass is 19.1. The summed E-state index contributed by atoms with van der Waals surface area (Å²) < 4.78 is 18.6. The standard InChI is InChI=1S/C17H26FN3O/c1-5-6-7-12-21(4)17(19-3)20-13-14(2)22-16-10-8-15(18)9-11-16/h5,8-11,14H,1,6-7,12-13H2,2-4H3,(H,19,20). The first-order valence-electron chi connectivity index (χ1n) is 7.51. The SMILES string of the molecule is C=CCCCN(C)C(=NC)NCC(C)Oc1ccc(F)cc1. The van der Waals surface area contributed by atoms with Gasteiger partial charge in [-0.15, -0.1) is 6.58 Å². The molecule has 0 radical (unpaired) electrons. The van der Waals surface area contributed by atoms with E-state index in [1.165, 1.54) is 12.1 Å². The Morgan fingerprint density at radius 1 is 1.45 bits per heavy atom. The Kier molecular flexibility index (Phi) is 8.04. The molecular weight excluding hydrogens is 281 g/mol. The van der Waals surface area contributed by atoms with Crippen LogP contribution in [0.25, 0.3) is 0 Å². The van der Waals surface area contributed by atoms with Crippen LogP contribution in [-0.2, 0) is 0 Å². The normalized spacial score (nSPS) is 12.6. The zero-order chi connectivity index (χ0) is 16.4. The van der Waals surface area contributed by atoms with Crippen molar-refractivity contribution in [3.63, 3.8) is 0 Å². The highest BCUT2D eigenvalue weighted by Crippen LogP contribution is 2.12. The highest BCUT2D eigenvalue weighted by molar-refractivity contribution is 5.79. The summed E-state index contributed by atoms with van der Waals surface area (Å²) in [5.41, 5.74) is 0. The molecule has 1 aromatic rings. The van der Waals surface area contributed by atoms with Gasteiger partial charge in [-0.3, -0.25) is 4.99 Å². The molecule has 22 heavy (non-hydrogen) atoms. The van der Waals surface area contributed by atoms with Crippen molar-refractivity contribution in [3.05, 3.63) is 42.7 Å². The third kappa shape index (κ3) is 6.61. The van der Waals surface area contributed by atoms with Gasteiger partial charge in [-0.05, 0) is 44.0 Å². The first-order valence-corrected chi connectivity index (χ1v) is 7.51. The van der Waals surface area contributed by atoms with Gasteiger partial charge in [-0.25, -0.2) is 4.39 Å². The smallest absolute Gasteiger partial charge is 0.193 e. The fraction of sp³-hybridized carbons (Fsp3) is 0.471. The molecule has 0 saturated heterocycles. The molecule has 4 nitrogen and oxygen atoms in total. The van der Waals surface area contributed by atoms with Crippen LogP contribution in [0.15, 0.2) is 41.9 Å². The molecule has 0 saturated carbocycles. The molecule has 0 heterocycles. The number of aliphatic imine (C=N–C) groups is 1. The Morgan fingerprint density at radius 2 is 2.14 bits per heavy atom. The lowest BCUT2D eigenvalue weighted by molar-refractivity contribution is 0.222. The second-order valence-corrected chi connectivity index (χ2v) is 5.16. The molecule has 0 aromatic heterocycles. The Balaban J connectivity index is 2.38. The first-order chi connectivity index (χ1) is 10.6. The van der Waals surface area contributed by atoms with Crippen molar-refractivity contribution in [2.24, 2.45) is 4.99 Å². The van der Waals surface area contributed by atoms with E-state index < -0.39 is 0 Å². The zero-order valence-corrected chi connectivity index (χ0v) is 13.7. The van der Waals surface area contributed by atoms with Crippen LogP contribution in [0.4, 0.5) is 4.39 Å². The molecule has 1 unspecified atom stereocenters. The molecule has 0 bridgehead atoms. The second-order valence-electron chi connectivity index (χ2n) is 5.16. The van der Waals surface area contributed by atoms with Crippen LogP contribution in [0.3, 0.4) is 0 Å². The highest BCUT2D eigenvalue weighted by Gasteiger charge is 2.09. The van der Waals surface area contributed by atoms with E-state index in [4.69, 9.17) is 4.74 Å². The van der Waals surface area contributed by atoms with Crippen molar-refractivity contribution in [3.8, 4) is 5.75 Å². The molecule has 1 atom stereocenters. The zero-order valence-electron chi connectivity index (χ0n) is 13.7. The molecule has 0 aliphatic carbocycles. The summed E-state index contributed by atoms with van der Waals surface area (Å²) >= 11 is 0. The number of rotatable bonds is 8. The predicted octanol–water partition coefficient (Wildman–Crippen LogP) is 3.07. The molecule has 5 heteroatoms. The van der Waals surface area contributed by atoms with Gasteiger partial charge in [-0.2, -0.15) is 0 Å². The molecule has 1 rings (SSSR count). The van der Waals surface area contributed by atoms with Crippen LogP contribution in [0.2, 0.25) is 0 Å². The lowest BCUT2D eigenvalue weighted by Gasteiger charge is -2.23. The quantitative estimate of drug-likeness (QED) is 0.347. The molecule has 1 N–H and O–H groups in total. The van der Waals surface area contributed by atoms with Gasteiger partial charge >= 0.3 is 0 Å². The molecular formula is C17H26FN3O. The van der Waals surface area contributed by atoms with Crippen LogP contribution < -0.4 is 10.1 Å². The minimum absolute atomic E-state index is 0.0520. The van der Waals surface area contributed by atoms with Gasteiger partial charge in [0.1, 0.15) is 17.7 Å². The van der Waals surface area contributed by atoms with Crippen molar-refractivity contribution in [2.45, 2.75) is 25.9 Å². The summed E-state index contributed by atoms with van der Waals surface area (Å²) in [5, 5.41) is 3.28. The summed E-state index contributed by atoms with van der Waals surface area (Å²) in [5.74, 6) is 1.23. The van der Waals surface area contributed by atoms with Gasteiger partial charge < -0.3 is 15.0 Å². The van der Waals surface area contributed by atoms with Crippen LogP contribution in [-0.4, -0.2) is 44.1 Å². The number of hydrogen-bond donors (Lipinski definition) is 1. The van der Waals surface area contributed by atoms with E-state index in [2.05, 4.69) is 21.8 Å². The molecule has 0 amide bonds. The van der Waals surface area contributed by atoms with E-state index in [0.717, 1.165) is 25.3 Å². The summed E-state index contributed by atoms with van der Waals surface area (Å²) in [6.45, 7) is 7.22. The Labute approximate surface area is 132 Å². The fourth-order valence-electron chi connectivity index (χ4n) is 1.99. The third-order valence-corrected chi connectivity index (χ3v) is 3.17. The van der Waals surface area contributed by atoms with E-state index in [9.17, 15) is 4.39 Å². The average molecular weight is 307 g/mol. The number of unbranched alkanes of at least 4 members (excludes halogenated alkanes) is 1. The lowest BCUT2D eigenvalue weighted by atomic mass is 10.3.